The molecule has 0 nitrogen and oxygen atoms in total. The van der Waals surface area contributed by atoms with Gasteiger partial charge in [-0.25, -0.2) is 20.1 Å². The van der Waals surface area contributed by atoms with Crippen LogP contribution in [0.3, 0.4) is 0 Å². The molecular weight excluding hydrogens is 250 g/mol. The summed E-state index contributed by atoms with van der Waals surface area (Å²) < 4.78 is 1.08. The summed E-state index contributed by atoms with van der Waals surface area (Å²) in [4.78, 5) is 0. The highest BCUT2D eigenvalue weighted by atomic mass is 79.9. The Kier molecular flexibility index (Phi) is 5.90. The van der Waals surface area contributed by atoms with Gasteiger partial charge in [0.1, 0.15) is 0 Å². The number of hydrogen-bond donors (Lipinski definition) is 0. The van der Waals surface area contributed by atoms with E-state index in [1.54, 1.807) is 0 Å². The molecule has 0 spiro atoms. The first-order chi connectivity index (χ1) is 4.30. The van der Waals surface area contributed by atoms with Gasteiger partial charge in [0, 0.05) is 0 Å². The maximum atomic E-state index is 5.71. The van der Waals surface area contributed by atoms with Gasteiger partial charge in [0.2, 0.25) is 0 Å². The maximum absolute atomic E-state index is 5.71. The van der Waals surface area contributed by atoms with Crippen molar-refractivity contribution in [3.63, 3.8) is 0 Å². The van der Waals surface area contributed by atoms with E-state index in [0.29, 0.717) is 0 Å². The molecule has 10 heavy (non-hydrogen) atoms. The molecule has 0 aliphatic rings. The van der Waals surface area contributed by atoms with Crippen molar-refractivity contribution >= 4 is 53.8 Å². The van der Waals surface area contributed by atoms with Gasteiger partial charge in [0.25, 0.3) is 0 Å². The van der Waals surface area contributed by atoms with Crippen molar-refractivity contribution in [2.24, 2.45) is 0 Å². The first-order valence-corrected chi connectivity index (χ1v) is 6.70. The highest BCUT2D eigenvalue weighted by molar-refractivity contribution is 8.93. The first kappa shape index (κ1) is 10.8. The molecule has 0 unspecified atom stereocenters. The van der Waals surface area contributed by atoms with Crippen molar-refractivity contribution in [2.75, 3.05) is 0 Å². The van der Waals surface area contributed by atoms with Crippen molar-refractivity contribution < 1.29 is 0 Å². The Balaban J connectivity index is 0.000000810. The first-order valence-electron chi connectivity index (χ1n) is 2.64. The molecule has 0 radical (unpaired) electrons. The summed E-state index contributed by atoms with van der Waals surface area (Å²) in [6.07, 6.45) is 0. The average molecular weight is 256 g/mol. The summed E-state index contributed by atoms with van der Waals surface area (Å²) in [6.45, 7) is 0. The van der Waals surface area contributed by atoms with E-state index in [2.05, 4.69) is 0 Å². The topological polar surface area (TPSA) is 0 Å². The third-order valence-corrected chi connectivity index (χ3v) is 3.45. The van der Waals surface area contributed by atoms with Gasteiger partial charge in [-0.3, -0.25) is 0 Å². The standard InChI is InChI=1S/C6H5.Al.BrH.2ClH/c1-2-4-6-5-3-1;;;;/h1-5H;;3*1H/q;+2;;;/p-2. The molecular formula is C6H6AlBrCl2. The summed E-state index contributed by atoms with van der Waals surface area (Å²) in [6, 6.07) is 9.75. The second kappa shape index (κ2) is 5.46. The van der Waals surface area contributed by atoms with Crippen LogP contribution < -0.4 is 4.43 Å². The number of halogens is 3. The van der Waals surface area contributed by atoms with Crippen molar-refractivity contribution in [1.82, 2.24) is 0 Å². The van der Waals surface area contributed by atoms with Crippen LogP contribution in [0.1, 0.15) is 0 Å². The lowest BCUT2D eigenvalue weighted by molar-refractivity contribution is 1.77. The zero-order chi connectivity index (χ0) is 6.69. The van der Waals surface area contributed by atoms with Crippen LogP contribution in [0.4, 0.5) is 0 Å². The minimum Gasteiger partial charge on any atom is -0.226 e. The fourth-order valence-electron chi connectivity index (χ4n) is 0.599. The maximum Gasteiger partial charge on any atom is 0.555 e. The van der Waals surface area contributed by atoms with Crippen LogP contribution in [0.2, 0.25) is 0 Å². The second-order valence-corrected chi connectivity index (χ2v) is 6.27. The van der Waals surface area contributed by atoms with Crippen LogP contribution in [0.5, 0.6) is 0 Å². The fraction of sp³-hybridized carbons (Fsp3) is 0. The van der Waals surface area contributed by atoms with E-state index in [9.17, 15) is 0 Å². The monoisotopic (exact) mass is 254 g/mol. The Morgan fingerprint density at radius 2 is 1.50 bits per heavy atom. The van der Waals surface area contributed by atoms with Crippen LogP contribution in [0, 0.1) is 0 Å². The van der Waals surface area contributed by atoms with Gasteiger partial charge < -0.3 is 0 Å². The normalized spacial score (nSPS) is 8.20. The summed E-state index contributed by atoms with van der Waals surface area (Å²) in [7, 11) is 11.4. The zero-order valence-electron chi connectivity index (χ0n) is 5.13. The van der Waals surface area contributed by atoms with Crippen molar-refractivity contribution in [1.29, 1.82) is 0 Å². The van der Waals surface area contributed by atoms with Gasteiger partial charge in [-0.1, -0.05) is 34.8 Å². The predicted octanol–water partition coefficient (Wildman–Crippen LogP) is 2.44. The Labute approximate surface area is 83.7 Å². The molecule has 0 amide bonds. The van der Waals surface area contributed by atoms with E-state index in [0.717, 1.165) is 4.43 Å². The van der Waals surface area contributed by atoms with Crippen molar-refractivity contribution in [3.05, 3.63) is 30.3 Å². The Morgan fingerprint density at radius 1 is 1.00 bits per heavy atom. The third-order valence-electron chi connectivity index (χ3n) is 1.05. The predicted molar refractivity (Wildman–Crippen MR) is 53.9 cm³/mol. The average Bonchev–Trinajstić information content (AvgIpc) is 1.90. The lowest BCUT2D eigenvalue weighted by Gasteiger charge is -1.91. The van der Waals surface area contributed by atoms with Crippen LogP contribution in [0.15, 0.2) is 30.3 Å². The number of hydrogen-bond acceptors (Lipinski definition) is 0. The van der Waals surface area contributed by atoms with Crippen molar-refractivity contribution in [3.8, 4) is 0 Å². The summed E-state index contributed by atoms with van der Waals surface area (Å²) in [5.74, 6) is 0. The summed E-state index contributed by atoms with van der Waals surface area (Å²) in [5, 5.41) is 0. The van der Waals surface area contributed by atoms with Gasteiger partial charge in [0.05, 0.1) is 0 Å². The van der Waals surface area contributed by atoms with Crippen LogP contribution in [0.25, 0.3) is 0 Å². The molecule has 1 rings (SSSR count). The van der Waals surface area contributed by atoms with E-state index < -0.39 is 12.3 Å². The second-order valence-electron chi connectivity index (χ2n) is 1.71. The van der Waals surface area contributed by atoms with Crippen molar-refractivity contribution in [2.45, 2.75) is 0 Å². The largest absolute Gasteiger partial charge is 0.555 e. The van der Waals surface area contributed by atoms with Crippen LogP contribution in [-0.2, 0) is 0 Å². The van der Waals surface area contributed by atoms with Gasteiger partial charge in [-0.05, 0) is 0 Å². The minimum absolute atomic E-state index is 0. The van der Waals surface area contributed by atoms with E-state index in [1.807, 2.05) is 30.3 Å². The molecule has 1 aromatic rings. The molecule has 4 heteroatoms. The van der Waals surface area contributed by atoms with E-state index >= 15 is 0 Å². The molecule has 0 saturated heterocycles. The van der Waals surface area contributed by atoms with Gasteiger partial charge in [0.15, 0.2) is 0 Å². The van der Waals surface area contributed by atoms with Crippen LogP contribution >= 0.6 is 37.1 Å². The van der Waals surface area contributed by atoms with Gasteiger partial charge in [-0.2, -0.15) is 0 Å². The fourth-order valence-corrected chi connectivity index (χ4v) is 1.98. The Hall–Kier alpha value is 0.812. The van der Waals surface area contributed by atoms with E-state index in [1.165, 1.54) is 0 Å². The molecule has 0 aliphatic heterocycles. The van der Waals surface area contributed by atoms with E-state index in [-0.39, 0.29) is 17.0 Å². The Bertz CT molecular complexity index is 178. The van der Waals surface area contributed by atoms with Gasteiger partial charge in [-0.15, -0.1) is 17.0 Å². The molecule has 54 valence electrons. The highest BCUT2D eigenvalue weighted by Crippen LogP contribution is 1.96. The zero-order valence-corrected chi connectivity index (χ0v) is 9.51. The smallest absolute Gasteiger partial charge is 0.226 e. The molecule has 0 bridgehead atoms. The minimum atomic E-state index is -1.58. The number of rotatable bonds is 1. The molecule has 0 fully saturated rings. The lowest BCUT2D eigenvalue weighted by Crippen LogP contribution is -2.16. The summed E-state index contributed by atoms with van der Waals surface area (Å²) >= 11 is -1.58. The summed E-state index contributed by atoms with van der Waals surface area (Å²) in [5.41, 5.74) is 0. The SMILES string of the molecule is Br.[Cl][Al]([Cl])[c]1ccccc1. The molecule has 0 atom stereocenters. The molecule has 0 aliphatic carbocycles. The molecule has 0 heterocycles. The molecule has 0 aromatic heterocycles. The highest BCUT2D eigenvalue weighted by Gasteiger charge is 2.11. The van der Waals surface area contributed by atoms with Crippen LogP contribution in [-0.4, -0.2) is 12.3 Å². The molecule has 0 saturated carbocycles. The van der Waals surface area contributed by atoms with E-state index in [4.69, 9.17) is 20.1 Å². The quantitative estimate of drug-likeness (QED) is 0.677. The lowest BCUT2D eigenvalue weighted by atomic mass is 10.4. The third kappa shape index (κ3) is 3.28. The molecule has 0 N–H and O–H groups in total. The molecule has 1 aromatic carbocycles. The number of benzene rings is 1. The Morgan fingerprint density at radius 3 is 1.80 bits per heavy atom. The van der Waals surface area contributed by atoms with Gasteiger partial charge >= 0.3 is 12.3 Å².